The summed E-state index contributed by atoms with van der Waals surface area (Å²) in [5.41, 5.74) is 2.16. The van der Waals surface area contributed by atoms with E-state index < -0.39 is 0 Å². The van der Waals surface area contributed by atoms with E-state index >= 15 is 0 Å². The Labute approximate surface area is 108 Å². The summed E-state index contributed by atoms with van der Waals surface area (Å²) in [6.45, 7) is 0.744. The number of nitrogens with one attached hydrogen (secondary N) is 1. The standard InChI is InChI=1S/C12H10BrClN2/c13-11-6-10(14)3-4-12(11)16-8-9-2-1-5-15-7-9/h1-7,16H,8H2. The Morgan fingerprint density at radius 3 is 2.88 bits per heavy atom. The Bertz CT molecular complexity index is 474. The molecule has 1 aromatic heterocycles. The van der Waals surface area contributed by atoms with Crippen LogP contribution in [0.3, 0.4) is 0 Å². The fourth-order valence-electron chi connectivity index (χ4n) is 1.33. The van der Waals surface area contributed by atoms with Crippen molar-refractivity contribution in [2.24, 2.45) is 0 Å². The fourth-order valence-corrected chi connectivity index (χ4v) is 2.16. The Morgan fingerprint density at radius 2 is 2.19 bits per heavy atom. The fraction of sp³-hybridized carbons (Fsp3) is 0.0833. The first-order valence-electron chi connectivity index (χ1n) is 4.83. The highest BCUT2D eigenvalue weighted by Crippen LogP contribution is 2.26. The van der Waals surface area contributed by atoms with Crippen LogP contribution in [0, 0.1) is 0 Å². The van der Waals surface area contributed by atoms with Gasteiger partial charge in [0, 0.05) is 34.1 Å². The third-order valence-corrected chi connectivity index (χ3v) is 3.03. The van der Waals surface area contributed by atoms with E-state index in [1.54, 1.807) is 6.20 Å². The van der Waals surface area contributed by atoms with E-state index in [0.717, 1.165) is 27.3 Å². The van der Waals surface area contributed by atoms with Gasteiger partial charge in [-0.2, -0.15) is 0 Å². The molecular formula is C12H10BrClN2. The van der Waals surface area contributed by atoms with E-state index in [1.807, 2.05) is 36.5 Å². The smallest absolute Gasteiger partial charge is 0.0488 e. The number of rotatable bonds is 3. The van der Waals surface area contributed by atoms with Crippen LogP contribution >= 0.6 is 27.5 Å². The minimum absolute atomic E-state index is 0.721. The minimum Gasteiger partial charge on any atom is -0.380 e. The average Bonchev–Trinajstić information content (AvgIpc) is 2.29. The summed E-state index contributed by atoms with van der Waals surface area (Å²) in [7, 11) is 0. The Morgan fingerprint density at radius 1 is 1.31 bits per heavy atom. The normalized spacial score (nSPS) is 10.1. The van der Waals surface area contributed by atoms with Crippen LogP contribution in [-0.4, -0.2) is 4.98 Å². The maximum absolute atomic E-state index is 5.87. The van der Waals surface area contributed by atoms with Gasteiger partial charge in [0.1, 0.15) is 0 Å². The molecule has 16 heavy (non-hydrogen) atoms. The van der Waals surface area contributed by atoms with Crippen molar-refractivity contribution in [2.45, 2.75) is 6.54 Å². The summed E-state index contributed by atoms with van der Waals surface area (Å²) >= 11 is 9.32. The zero-order chi connectivity index (χ0) is 11.4. The molecule has 1 aromatic carbocycles. The molecule has 0 aliphatic heterocycles. The SMILES string of the molecule is Clc1ccc(NCc2cccnc2)c(Br)c1. The lowest BCUT2D eigenvalue weighted by Gasteiger charge is -2.08. The highest BCUT2D eigenvalue weighted by molar-refractivity contribution is 9.10. The first kappa shape index (κ1) is 11.4. The molecule has 0 radical (unpaired) electrons. The maximum Gasteiger partial charge on any atom is 0.0488 e. The van der Waals surface area contributed by atoms with Crippen molar-refractivity contribution in [1.29, 1.82) is 0 Å². The first-order chi connectivity index (χ1) is 7.75. The highest BCUT2D eigenvalue weighted by atomic mass is 79.9. The molecule has 82 valence electrons. The molecule has 0 unspecified atom stereocenters. The molecule has 2 rings (SSSR count). The molecule has 0 bridgehead atoms. The third-order valence-electron chi connectivity index (χ3n) is 2.14. The number of hydrogen-bond acceptors (Lipinski definition) is 2. The van der Waals surface area contributed by atoms with Crippen molar-refractivity contribution < 1.29 is 0 Å². The second-order valence-electron chi connectivity index (χ2n) is 3.34. The van der Waals surface area contributed by atoms with Crippen LogP contribution in [0.15, 0.2) is 47.2 Å². The molecule has 1 N–H and O–H groups in total. The quantitative estimate of drug-likeness (QED) is 0.922. The van der Waals surface area contributed by atoms with E-state index in [-0.39, 0.29) is 0 Å². The highest BCUT2D eigenvalue weighted by Gasteiger charge is 2.00. The zero-order valence-electron chi connectivity index (χ0n) is 8.45. The van der Waals surface area contributed by atoms with Gasteiger partial charge in [0.25, 0.3) is 0 Å². The number of nitrogens with zero attached hydrogens (tertiary/aromatic N) is 1. The van der Waals surface area contributed by atoms with Gasteiger partial charge in [-0.15, -0.1) is 0 Å². The van der Waals surface area contributed by atoms with Crippen LogP contribution in [-0.2, 0) is 6.54 Å². The Balaban J connectivity index is 2.05. The molecule has 1 heterocycles. The van der Waals surface area contributed by atoms with E-state index in [2.05, 4.69) is 26.2 Å². The van der Waals surface area contributed by atoms with Gasteiger partial charge in [0.05, 0.1) is 0 Å². The predicted octanol–water partition coefficient (Wildman–Crippen LogP) is 4.11. The lowest BCUT2D eigenvalue weighted by molar-refractivity contribution is 1.11. The first-order valence-corrected chi connectivity index (χ1v) is 6.00. The van der Waals surface area contributed by atoms with E-state index in [0.29, 0.717) is 0 Å². The maximum atomic E-state index is 5.87. The summed E-state index contributed by atoms with van der Waals surface area (Å²) in [6.07, 6.45) is 3.61. The molecule has 0 amide bonds. The lowest BCUT2D eigenvalue weighted by Crippen LogP contribution is -2.00. The van der Waals surface area contributed by atoms with Gasteiger partial charge in [0.15, 0.2) is 0 Å². The Kier molecular flexibility index (Phi) is 3.80. The molecule has 2 nitrogen and oxygen atoms in total. The molecule has 0 saturated heterocycles. The summed E-state index contributed by atoms with van der Waals surface area (Å²) in [6, 6.07) is 9.63. The minimum atomic E-state index is 0.721. The molecule has 4 heteroatoms. The second-order valence-corrected chi connectivity index (χ2v) is 4.63. The molecular weight excluding hydrogens is 288 g/mol. The number of aromatic nitrogens is 1. The van der Waals surface area contributed by atoms with Gasteiger partial charge < -0.3 is 5.32 Å². The van der Waals surface area contributed by atoms with E-state index in [4.69, 9.17) is 11.6 Å². The topological polar surface area (TPSA) is 24.9 Å². The number of anilines is 1. The van der Waals surface area contributed by atoms with Gasteiger partial charge >= 0.3 is 0 Å². The largest absolute Gasteiger partial charge is 0.380 e. The van der Waals surface area contributed by atoms with Gasteiger partial charge in [-0.25, -0.2) is 0 Å². The molecule has 0 saturated carbocycles. The van der Waals surface area contributed by atoms with Gasteiger partial charge in [-0.05, 0) is 45.8 Å². The van der Waals surface area contributed by atoms with E-state index in [9.17, 15) is 0 Å². The lowest BCUT2D eigenvalue weighted by atomic mass is 10.2. The van der Waals surface area contributed by atoms with Crippen LogP contribution in [0.25, 0.3) is 0 Å². The van der Waals surface area contributed by atoms with Gasteiger partial charge in [0.2, 0.25) is 0 Å². The molecule has 0 aliphatic carbocycles. The van der Waals surface area contributed by atoms with Crippen LogP contribution in [0.1, 0.15) is 5.56 Å². The summed E-state index contributed by atoms with van der Waals surface area (Å²) in [5.74, 6) is 0. The van der Waals surface area contributed by atoms with Crippen molar-refractivity contribution in [3.05, 3.63) is 57.8 Å². The number of pyridine rings is 1. The van der Waals surface area contributed by atoms with Crippen molar-refractivity contribution in [1.82, 2.24) is 4.98 Å². The third kappa shape index (κ3) is 2.97. The number of hydrogen-bond donors (Lipinski definition) is 1. The summed E-state index contributed by atoms with van der Waals surface area (Å²) < 4.78 is 0.962. The zero-order valence-corrected chi connectivity index (χ0v) is 10.8. The van der Waals surface area contributed by atoms with E-state index in [1.165, 1.54) is 0 Å². The number of benzene rings is 1. The van der Waals surface area contributed by atoms with Gasteiger partial charge in [-0.3, -0.25) is 4.98 Å². The Hall–Kier alpha value is -1.06. The van der Waals surface area contributed by atoms with Crippen LogP contribution < -0.4 is 5.32 Å². The van der Waals surface area contributed by atoms with Crippen molar-refractivity contribution >= 4 is 33.2 Å². The van der Waals surface area contributed by atoms with Crippen LogP contribution in [0.2, 0.25) is 5.02 Å². The molecule has 0 spiro atoms. The van der Waals surface area contributed by atoms with Crippen molar-refractivity contribution in [3.8, 4) is 0 Å². The van der Waals surface area contributed by atoms with Gasteiger partial charge in [-0.1, -0.05) is 17.7 Å². The van der Waals surface area contributed by atoms with Crippen molar-refractivity contribution in [3.63, 3.8) is 0 Å². The molecule has 0 atom stereocenters. The molecule has 0 aliphatic rings. The average molecular weight is 298 g/mol. The number of halogens is 2. The molecule has 0 fully saturated rings. The summed E-state index contributed by atoms with van der Waals surface area (Å²) in [5, 5.41) is 4.03. The summed E-state index contributed by atoms with van der Waals surface area (Å²) in [4.78, 5) is 4.06. The van der Waals surface area contributed by atoms with Crippen LogP contribution in [0.4, 0.5) is 5.69 Å². The monoisotopic (exact) mass is 296 g/mol. The van der Waals surface area contributed by atoms with Crippen LogP contribution in [0.5, 0.6) is 0 Å². The van der Waals surface area contributed by atoms with Crippen molar-refractivity contribution in [2.75, 3.05) is 5.32 Å². The predicted molar refractivity (Wildman–Crippen MR) is 70.7 cm³/mol. The molecule has 2 aromatic rings. The second kappa shape index (κ2) is 5.32.